The molecule has 1 aromatic carbocycles. The highest BCUT2D eigenvalue weighted by atomic mass is 35.5. The number of carbonyl (C=O) groups is 1. The number of rotatable bonds is 5. The van der Waals surface area contributed by atoms with Gasteiger partial charge in [0.25, 0.3) is 0 Å². The van der Waals surface area contributed by atoms with Crippen molar-refractivity contribution in [1.29, 1.82) is 0 Å². The molecule has 0 bridgehead atoms. The molecule has 8 nitrogen and oxygen atoms in total. The summed E-state index contributed by atoms with van der Waals surface area (Å²) in [6.45, 7) is 1.95. The van der Waals surface area contributed by atoms with Crippen molar-refractivity contribution in [1.82, 2.24) is 25.0 Å². The Bertz CT molecular complexity index is 1310. The lowest BCUT2D eigenvalue weighted by molar-refractivity contribution is -0.123. The molecule has 1 aliphatic carbocycles. The summed E-state index contributed by atoms with van der Waals surface area (Å²) in [6, 6.07) is 7.98. The summed E-state index contributed by atoms with van der Waals surface area (Å²) in [4.78, 5) is 20.8. The Balaban J connectivity index is 1.54. The first-order chi connectivity index (χ1) is 14.9. The second-order valence-electron chi connectivity index (χ2n) is 7.64. The first-order valence-corrected chi connectivity index (χ1v) is 10.1. The summed E-state index contributed by atoms with van der Waals surface area (Å²) in [5.74, 6) is 0.0954. The quantitative estimate of drug-likeness (QED) is 0.492. The molecule has 4 aromatic rings. The van der Waals surface area contributed by atoms with Crippen LogP contribution in [0, 0.1) is 12.7 Å². The minimum absolute atomic E-state index is 0.168. The number of nitrogens with one attached hydrogen (secondary N) is 1. The van der Waals surface area contributed by atoms with Crippen LogP contribution < -0.4 is 11.1 Å². The fourth-order valence-corrected chi connectivity index (χ4v) is 3.77. The molecule has 0 spiro atoms. The number of benzene rings is 1. The van der Waals surface area contributed by atoms with E-state index in [4.69, 9.17) is 21.9 Å². The second-order valence-corrected chi connectivity index (χ2v) is 8.02. The van der Waals surface area contributed by atoms with Crippen LogP contribution in [-0.4, -0.2) is 31.1 Å². The molecule has 0 aliphatic heterocycles. The maximum Gasteiger partial charge on any atom is 0.240 e. The molecule has 10 heteroatoms. The van der Waals surface area contributed by atoms with Gasteiger partial charge in [0.05, 0.1) is 40.2 Å². The molecule has 3 N–H and O–H groups in total. The van der Waals surface area contributed by atoms with Crippen LogP contribution in [0.2, 0.25) is 5.02 Å². The Morgan fingerprint density at radius 2 is 2.16 bits per heavy atom. The van der Waals surface area contributed by atoms with E-state index >= 15 is 0 Å². The van der Waals surface area contributed by atoms with E-state index < -0.39 is 11.4 Å². The van der Waals surface area contributed by atoms with E-state index in [2.05, 4.69) is 20.4 Å². The maximum atomic E-state index is 13.9. The van der Waals surface area contributed by atoms with E-state index in [-0.39, 0.29) is 18.3 Å². The SMILES string of the molecule is Cc1nc(-c2c(Cl)c3cc(F)ccc3n2-c2ccc(CNC(=O)C3(N)CC3)nc2)no1. The molecule has 0 unspecified atom stereocenters. The molecule has 5 rings (SSSR count). The molecule has 1 fully saturated rings. The largest absolute Gasteiger partial charge is 0.349 e. The van der Waals surface area contributed by atoms with Crippen LogP contribution in [0.3, 0.4) is 0 Å². The van der Waals surface area contributed by atoms with Gasteiger partial charge in [0, 0.05) is 12.3 Å². The molecule has 158 valence electrons. The van der Waals surface area contributed by atoms with Gasteiger partial charge in [0.15, 0.2) is 0 Å². The van der Waals surface area contributed by atoms with Gasteiger partial charge in [-0.2, -0.15) is 4.98 Å². The number of hydrogen-bond donors (Lipinski definition) is 2. The summed E-state index contributed by atoms with van der Waals surface area (Å²) in [5.41, 5.74) is 7.66. The van der Waals surface area contributed by atoms with Gasteiger partial charge in [-0.1, -0.05) is 16.8 Å². The predicted molar refractivity (Wildman–Crippen MR) is 112 cm³/mol. The van der Waals surface area contributed by atoms with Gasteiger partial charge in [-0.05, 0) is 43.2 Å². The minimum atomic E-state index is -0.729. The van der Waals surface area contributed by atoms with E-state index in [1.807, 2.05) is 6.07 Å². The van der Waals surface area contributed by atoms with Gasteiger partial charge >= 0.3 is 0 Å². The van der Waals surface area contributed by atoms with E-state index in [0.29, 0.717) is 51.7 Å². The third-order valence-electron chi connectivity index (χ3n) is 5.35. The summed E-state index contributed by atoms with van der Waals surface area (Å²) in [5, 5.41) is 7.62. The molecule has 0 radical (unpaired) electrons. The first kappa shape index (κ1) is 19.7. The number of aryl methyl sites for hydroxylation is 1. The van der Waals surface area contributed by atoms with Crippen molar-refractivity contribution in [2.75, 3.05) is 0 Å². The van der Waals surface area contributed by atoms with E-state index in [9.17, 15) is 9.18 Å². The van der Waals surface area contributed by atoms with Crippen LogP contribution in [0.15, 0.2) is 41.1 Å². The highest BCUT2D eigenvalue weighted by Crippen LogP contribution is 2.39. The van der Waals surface area contributed by atoms with Crippen molar-refractivity contribution < 1.29 is 13.7 Å². The number of pyridine rings is 1. The summed E-state index contributed by atoms with van der Waals surface area (Å²) in [6.07, 6.45) is 3.05. The molecule has 1 aliphatic rings. The molecule has 3 aromatic heterocycles. The van der Waals surface area contributed by atoms with Crippen LogP contribution in [0.25, 0.3) is 28.1 Å². The van der Waals surface area contributed by atoms with Gasteiger partial charge in [-0.15, -0.1) is 0 Å². The van der Waals surface area contributed by atoms with Gasteiger partial charge in [-0.3, -0.25) is 9.78 Å². The minimum Gasteiger partial charge on any atom is -0.349 e. The number of aromatic nitrogens is 4. The van der Waals surface area contributed by atoms with Gasteiger partial charge in [0.1, 0.15) is 11.5 Å². The second kappa shape index (κ2) is 7.14. The monoisotopic (exact) mass is 440 g/mol. The van der Waals surface area contributed by atoms with Crippen LogP contribution in [0.4, 0.5) is 4.39 Å². The Hall–Kier alpha value is -3.30. The first-order valence-electron chi connectivity index (χ1n) is 9.68. The zero-order valence-corrected chi connectivity index (χ0v) is 17.3. The van der Waals surface area contributed by atoms with Crippen molar-refractivity contribution in [2.24, 2.45) is 5.73 Å². The lowest BCUT2D eigenvalue weighted by atomic mass is 10.2. The normalized spacial score (nSPS) is 14.7. The molecular weight excluding hydrogens is 423 g/mol. The van der Waals surface area contributed by atoms with Gasteiger partial charge < -0.3 is 20.1 Å². The number of halogens is 2. The number of nitrogens with two attached hydrogens (primary N) is 1. The molecule has 0 atom stereocenters. The van der Waals surface area contributed by atoms with Crippen LogP contribution >= 0.6 is 11.6 Å². The average Bonchev–Trinajstić information content (AvgIpc) is 3.27. The average molecular weight is 441 g/mol. The van der Waals surface area contributed by atoms with Crippen molar-refractivity contribution in [3.05, 3.63) is 59.0 Å². The number of nitrogens with zero attached hydrogens (tertiary/aromatic N) is 4. The zero-order valence-electron chi connectivity index (χ0n) is 16.5. The van der Waals surface area contributed by atoms with Crippen molar-refractivity contribution in [3.8, 4) is 17.2 Å². The van der Waals surface area contributed by atoms with Crippen LogP contribution in [0.1, 0.15) is 24.4 Å². The maximum absolute atomic E-state index is 13.9. The number of amides is 1. The fourth-order valence-electron chi connectivity index (χ4n) is 3.45. The Kier molecular flexibility index (Phi) is 4.53. The molecule has 1 saturated carbocycles. The topological polar surface area (TPSA) is 112 Å². The van der Waals surface area contributed by atoms with E-state index in [0.717, 1.165) is 0 Å². The third kappa shape index (κ3) is 3.45. The van der Waals surface area contributed by atoms with Crippen LogP contribution in [0.5, 0.6) is 0 Å². The van der Waals surface area contributed by atoms with Crippen molar-refractivity contribution in [2.45, 2.75) is 31.8 Å². The Morgan fingerprint density at radius 3 is 2.81 bits per heavy atom. The Morgan fingerprint density at radius 1 is 1.35 bits per heavy atom. The van der Waals surface area contributed by atoms with Gasteiger partial charge in [-0.25, -0.2) is 4.39 Å². The lowest BCUT2D eigenvalue weighted by Crippen LogP contribution is -2.42. The number of carbonyl (C=O) groups excluding carboxylic acids is 1. The standard InChI is InChI=1S/C21H18ClFN6O2/c1-11-27-19(28-31-11)18-17(22)15-8-12(23)2-5-16(15)29(18)14-4-3-13(25-10-14)9-26-20(30)21(24)6-7-21/h2-5,8,10H,6-7,9,24H2,1H3,(H,26,30). The molecule has 1 amide bonds. The summed E-state index contributed by atoms with van der Waals surface area (Å²) >= 11 is 6.60. The summed E-state index contributed by atoms with van der Waals surface area (Å²) < 4.78 is 20.8. The molecule has 0 saturated heterocycles. The zero-order chi connectivity index (χ0) is 21.8. The number of hydrogen-bond acceptors (Lipinski definition) is 6. The highest BCUT2D eigenvalue weighted by molar-refractivity contribution is 6.38. The number of fused-ring (bicyclic) bond motifs is 1. The van der Waals surface area contributed by atoms with E-state index in [1.54, 1.807) is 29.8 Å². The third-order valence-corrected chi connectivity index (χ3v) is 5.73. The molecule has 3 heterocycles. The van der Waals surface area contributed by atoms with Crippen molar-refractivity contribution >= 4 is 28.4 Å². The predicted octanol–water partition coefficient (Wildman–Crippen LogP) is 3.28. The lowest BCUT2D eigenvalue weighted by Gasteiger charge is -2.11. The van der Waals surface area contributed by atoms with E-state index in [1.165, 1.54) is 12.1 Å². The summed E-state index contributed by atoms with van der Waals surface area (Å²) in [7, 11) is 0. The van der Waals surface area contributed by atoms with Crippen LogP contribution in [-0.2, 0) is 11.3 Å². The molecular formula is C21H18ClFN6O2. The fraction of sp³-hybridized carbons (Fsp3) is 0.238. The Labute approximate surface area is 181 Å². The van der Waals surface area contributed by atoms with Gasteiger partial charge in [0.2, 0.25) is 17.6 Å². The van der Waals surface area contributed by atoms with Crippen molar-refractivity contribution in [3.63, 3.8) is 0 Å². The molecule has 31 heavy (non-hydrogen) atoms. The highest BCUT2D eigenvalue weighted by Gasteiger charge is 2.45. The smallest absolute Gasteiger partial charge is 0.240 e.